The molecule has 1 aliphatic carbocycles. The first-order valence-corrected chi connectivity index (χ1v) is 7.30. The topological polar surface area (TPSA) is 52.6 Å². The zero-order valence-electron chi connectivity index (χ0n) is 11.9. The van der Waals surface area contributed by atoms with Gasteiger partial charge < -0.3 is 10.4 Å². The molecule has 1 aliphatic heterocycles. The van der Waals surface area contributed by atoms with Crippen LogP contribution in [0.1, 0.15) is 37.7 Å². The number of carbonyl (C=O) groups excluding carboxylic acids is 1. The summed E-state index contributed by atoms with van der Waals surface area (Å²) in [6.45, 7) is 0. The predicted octanol–water partition coefficient (Wildman–Crippen LogP) is 3.26. The van der Waals surface area contributed by atoms with Crippen LogP contribution in [-0.2, 0) is 6.18 Å². The van der Waals surface area contributed by atoms with Crippen molar-refractivity contribution in [2.45, 2.75) is 50.0 Å². The van der Waals surface area contributed by atoms with Gasteiger partial charge in [0.15, 0.2) is 6.23 Å². The monoisotopic (exact) mass is 314 g/mol. The molecule has 1 atom stereocenters. The summed E-state index contributed by atoms with van der Waals surface area (Å²) in [5.74, 6) is 0. The van der Waals surface area contributed by atoms with Crippen molar-refractivity contribution >= 4 is 11.7 Å². The lowest BCUT2D eigenvalue weighted by Crippen LogP contribution is -2.51. The van der Waals surface area contributed by atoms with Crippen molar-refractivity contribution in [2.24, 2.45) is 0 Å². The van der Waals surface area contributed by atoms with Crippen LogP contribution >= 0.6 is 0 Å². The van der Waals surface area contributed by atoms with E-state index in [2.05, 4.69) is 5.32 Å². The summed E-state index contributed by atoms with van der Waals surface area (Å²) in [4.78, 5) is 13.2. The standard InChI is InChI=1S/C15H17F3N2O2/c16-15(17,18)10-5-4-6-11(9-10)20-12(21)14(19-13(20)22)7-2-1-3-8-14/h4-6,9,12,21H,1-3,7-8H2,(H,19,22). The van der Waals surface area contributed by atoms with Gasteiger partial charge in [0.2, 0.25) is 0 Å². The molecule has 1 spiro atoms. The number of anilines is 1. The Hall–Kier alpha value is -1.76. The summed E-state index contributed by atoms with van der Waals surface area (Å²) < 4.78 is 38.4. The molecule has 2 N–H and O–H groups in total. The van der Waals surface area contributed by atoms with Gasteiger partial charge in [-0.3, -0.25) is 4.90 Å². The average Bonchev–Trinajstić information content (AvgIpc) is 2.70. The summed E-state index contributed by atoms with van der Waals surface area (Å²) in [5, 5.41) is 13.3. The molecular formula is C15H17F3N2O2. The molecule has 1 saturated carbocycles. The zero-order chi connectivity index (χ0) is 16.0. The minimum Gasteiger partial charge on any atom is -0.371 e. The van der Waals surface area contributed by atoms with E-state index in [1.807, 2.05) is 0 Å². The van der Waals surface area contributed by atoms with Crippen LogP contribution in [0.5, 0.6) is 0 Å². The molecule has 0 aromatic heterocycles. The molecule has 2 aliphatic rings. The predicted molar refractivity (Wildman–Crippen MR) is 74.3 cm³/mol. The van der Waals surface area contributed by atoms with Crippen LogP contribution in [0.4, 0.5) is 23.7 Å². The van der Waals surface area contributed by atoms with E-state index >= 15 is 0 Å². The first-order chi connectivity index (χ1) is 10.3. The fourth-order valence-corrected chi connectivity index (χ4v) is 3.35. The Morgan fingerprint density at radius 1 is 1.23 bits per heavy atom. The third-order valence-corrected chi connectivity index (χ3v) is 4.51. The molecule has 1 aromatic rings. The van der Waals surface area contributed by atoms with E-state index in [9.17, 15) is 23.1 Å². The van der Waals surface area contributed by atoms with Crippen LogP contribution in [0.3, 0.4) is 0 Å². The normalized spacial score (nSPS) is 24.6. The van der Waals surface area contributed by atoms with E-state index < -0.39 is 29.5 Å². The number of nitrogens with zero attached hydrogens (tertiary/aromatic N) is 1. The van der Waals surface area contributed by atoms with E-state index in [0.717, 1.165) is 36.3 Å². The summed E-state index contributed by atoms with van der Waals surface area (Å²) in [6.07, 6.45) is -1.57. The van der Waals surface area contributed by atoms with Gasteiger partial charge in [0.05, 0.1) is 11.1 Å². The quantitative estimate of drug-likeness (QED) is 0.836. The Morgan fingerprint density at radius 2 is 1.91 bits per heavy atom. The molecular weight excluding hydrogens is 297 g/mol. The highest BCUT2D eigenvalue weighted by molar-refractivity contribution is 5.96. The van der Waals surface area contributed by atoms with Crippen molar-refractivity contribution in [3.63, 3.8) is 0 Å². The minimum atomic E-state index is -4.49. The number of halogens is 3. The number of hydrogen-bond acceptors (Lipinski definition) is 2. The lowest BCUT2D eigenvalue weighted by molar-refractivity contribution is -0.137. The van der Waals surface area contributed by atoms with Gasteiger partial charge in [0.1, 0.15) is 0 Å². The highest BCUT2D eigenvalue weighted by atomic mass is 19.4. The second-order valence-corrected chi connectivity index (χ2v) is 5.94. The number of alkyl halides is 3. The Labute approximate surface area is 125 Å². The average molecular weight is 314 g/mol. The highest BCUT2D eigenvalue weighted by Crippen LogP contribution is 2.39. The lowest BCUT2D eigenvalue weighted by atomic mass is 9.81. The van der Waals surface area contributed by atoms with E-state index in [-0.39, 0.29) is 5.69 Å². The van der Waals surface area contributed by atoms with Crippen LogP contribution in [0.25, 0.3) is 0 Å². The van der Waals surface area contributed by atoms with Gasteiger partial charge in [-0.1, -0.05) is 25.3 Å². The van der Waals surface area contributed by atoms with Crippen molar-refractivity contribution in [3.05, 3.63) is 29.8 Å². The van der Waals surface area contributed by atoms with Gasteiger partial charge in [-0.15, -0.1) is 0 Å². The minimum absolute atomic E-state index is 0.0577. The number of amides is 2. The van der Waals surface area contributed by atoms with Crippen molar-refractivity contribution in [2.75, 3.05) is 4.90 Å². The Morgan fingerprint density at radius 3 is 2.55 bits per heavy atom. The van der Waals surface area contributed by atoms with Crippen molar-refractivity contribution in [1.29, 1.82) is 0 Å². The summed E-state index contributed by atoms with van der Waals surface area (Å²) in [7, 11) is 0. The van der Waals surface area contributed by atoms with Crippen LogP contribution in [0.15, 0.2) is 24.3 Å². The van der Waals surface area contributed by atoms with Crippen LogP contribution in [0.2, 0.25) is 0 Å². The second kappa shape index (κ2) is 5.15. The summed E-state index contributed by atoms with van der Waals surface area (Å²) >= 11 is 0. The molecule has 22 heavy (non-hydrogen) atoms. The SMILES string of the molecule is O=C1NC2(CCCCC2)C(O)N1c1cccc(C(F)(F)F)c1. The van der Waals surface area contributed by atoms with Gasteiger partial charge in [0, 0.05) is 5.69 Å². The second-order valence-electron chi connectivity index (χ2n) is 5.94. The first-order valence-electron chi connectivity index (χ1n) is 7.30. The summed E-state index contributed by atoms with van der Waals surface area (Å²) in [5.41, 5.74) is -1.53. The molecule has 3 rings (SSSR count). The molecule has 1 heterocycles. The number of nitrogens with one attached hydrogen (secondary N) is 1. The molecule has 0 bridgehead atoms. The number of aliphatic hydroxyl groups is 1. The third-order valence-electron chi connectivity index (χ3n) is 4.51. The lowest BCUT2D eigenvalue weighted by Gasteiger charge is -2.36. The summed E-state index contributed by atoms with van der Waals surface area (Å²) in [6, 6.07) is 3.93. The molecule has 1 saturated heterocycles. The van der Waals surface area contributed by atoms with Gasteiger partial charge in [0.25, 0.3) is 0 Å². The smallest absolute Gasteiger partial charge is 0.371 e. The van der Waals surface area contributed by atoms with Crippen molar-refractivity contribution in [3.8, 4) is 0 Å². The van der Waals surface area contributed by atoms with Crippen LogP contribution in [0, 0.1) is 0 Å². The van der Waals surface area contributed by atoms with Crippen molar-refractivity contribution < 1.29 is 23.1 Å². The van der Waals surface area contributed by atoms with Crippen LogP contribution < -0.4 is 10.2 Å². The highest BCUT2D eigenvalue weighted by Gasteiger charge is 2.51. The maximum absolute atomic E-state index is 12.8. The molecule has 1 unspecified atom stereocenters. The van der Waals surface area contributed by atoms with Gasteiger partial charge in [-0.2, -0.15) is 13.2 Å². The van der Waals surface area contributed by atoms with Crippen LogP contribution in [-0.4, -0.2) is 22.9 Å². The molecule has 2 fully saturated rings. The van der Waals surface area contributed by atoms with Crippen molar-refractivity contribution in [1.82, 2.24) is 5.32 Å². The van der Waals surface area contributed by atoms with E-state index in [0.29, 0.717) is 12.8 Å². The third kappa shape index (κ3) is 2.43. The first kappa shape index (κ1) is 15.1. The maximum Gasteiger partial charge on any atom is 0.416 e. The molecule has 2 amide bonds. The van der Waals surface area contributed by atoms with Gasteiger partial charge >= 0.3 is 12.2 Å². The van der Waals surface area contributed by atoms with E-state index in [4.69, 9.17) is 0 Å². The number of rotatable bonds is 1. The number of carbonyl (C=O) groups is 1. The van der Waals surface area contributed by atoms with Gasteiger partial charge in [-0.25, -0.2) is 4.79 Å². The van der Waals surface area contributed by atoms with E-state index in [1.165, 1.54) is 12.1 Å². The number of urea groups is 1. The van der Waals surface area contributed by atoms with Gasteiger partial charge in [-0.05, 0) is 31.0 Å². The fourth-order valence-electron chi connectivity index (χ4n) is 3.35. The molecule has 7 heteroatoms. The number of benzene rings is 1. The Bertz CT molecular complexity index is 582. The maximum atomic E-state index is 12.8. The Kier molecular flexibility index (Phi) is 3.55. The molecule has 4 nitrogen and oxygen atoms in total. The molecule has 120 valence electrons. The number of hydrogen-bond donors (Lipinski definition) is 2. The fraction of sp³-hybridized carbons (Fsp3) is 0.533. The van der Waals surface area contributed by atoms with E-state index in [1.54, 1.807) is 0 Å². The molecule has 0 radical (unpaired) electrons. The zero-order valence-corrected chi connectivity index (χ0v) is 11.9. The number of aliphatic hydroxyl groups excluding tert-OH is 1. The Balaban J connectivity index is 1.93. The largest absolute Gasteiger partial charge is 0.416 e. The molecule has 1 aromatic carbocycles.